The second-order valence-electron chi connectivity index (χ2n) is 5.23. The van der Waals surface area contributed by atoms with E-state index in [-0.39, 0.29) is 19.0 Å². The third kappa shape index (κ3) is 5.09. The molecule has 0 unspecified atom stereocenters. The van der Waals surface area contributed by atoms with E-state index in [1.807, 2.05) is 0 Å². The van der Waals surface area contributed by atoms with Crippen LogP contribution in [0, 0.1) is 5.82 Å². The van der Waals surface area contributed by atoms with E-state index in [1.54, 1.807) is 37.4 Å². The molecule has 0 bridgehead atoms. The number of methoxy groups -OCH3 is 1. The van der Waals surface area contributed by atoms with Gasteiger partial charge in [0.05, 0.1) is 7.11 Å². The number of hydrogen-bond donors (Lipinski definition) is 2. The lowest BCUT2D eigenvalue weighted by Gasteiger charge is -2.14. The topological polar surface area (TPSA) is 50.7 Å². The molecular formula is C18H21ClFNO3. The standard InChI is InChI=1S/C18H21ClFNO3/c1-23-17-9-14(11-21-7-4-8-22)15(19)10-18(17)24-12-13-5-2-3-6-16(13)20/h2-3,5-6,9-10,21-22H,4,7-8,11-12H2,1H3. The first-order valence-electron chi connectivity index (χ1n) is 7.70. The van der Waals surface area contributed by atoms with Crippen LogP contribution in [0.3, 0.4) is 0 Å². The Morgan fingerprint density at radius 3 is 2.67 bits per heavy atom. The summed E-state index contributed by atoms with van der Waals surface area (Å²) in [5.41, 5.74) is 1.33. The van der Waals surface area contributed by atoms with Crippen molar-refractivity contribution < 1.29 is 19.0 Å². The molecule has 0 fully saturated rings. The second kappa shape index (κ2) is 9.47. The minimum atomic E-state index is -0.313. The van der Waals surface area contributed by atoms with Crippen LogP contribution in [-0.2, 0) is 13.2 Å². The molecule has 0 saturated heterocycles. The molecule has 2 aromatic carbocycles. The van der Waals surface area contributed by atoms with Gasteiger partial charge in [0.25, 0.3) is 0 Å². The van der Waals surface area contributed by atoms with E-state index in [4.69, 9.17) is 26.2 Å². The maximum Gasteiger partial charge on any atom is 0.163 e. The van der Waals surface area contributed by atoms with E-state index in [9.17, 15) is 4.39 Å². The van der Waals surface area contributed by atoms with Gasteiger partial charge >= 0.3 is 0 Å². The van der Waals surface area contributed by atoms with Gasteiger partial charge < -0.3 is 19.9 Å². The van der Waals surface area contributed by atoms with E-state index >= 15 is 0 Å². The predicted molar refractivity (Wildman–Crippen MR) is 92.1 cm³/mol. The molecule has 0 heterocycles. The third-order valence-corrected chi connectivity index (χ3v) is 3.85. The summed E-state index contributed by atoms with van der Waals surface area (Å²) in [4.78, 5) is 0. The molecule has 24 heavy (non-hydrogen) atoms. The zero-order chi connectivity index (χ0) is 17.4. The minimum absolute atomic E-state index is 0.0907. The maximum atomic E-state index is 13.7. The van der Waals surface area contributed by atoms with Gasteiger partial charge in [0.2, 0.25) is 0 Å². The first-order valence-corrected chi connectivity index (χ1v) is 8.07. The number of nitrogens with one attached hydrogen (secondary N) is 1. The van der Waals surface area contributed by atoms with E-state index in [0.717, 1.165) is 5.56 Å². The fourth-order valence-electron chi connectivity index (χ4n) is 2.18. The highest BCUT2D eigenvalue weighted by atomic mass is 35.5. The van der Waals surface area contributed by atoms with Crippen LogP contribution in [0.4, 0.5) is 4.39 Å². The van der Waals surface area contributed by atoms with Gasteiger partial charge in [0.15, 0.2) is 11.5 Å². The SMILES string of the molecule is COc1cc(CNCCCO)c(Cl)cc1OCc1ccccc1F. The summed E-state index contributed by atoms with van der Waals surface area (Å²) in [6.07, 6.45) is 0.679. The summed E-state index contributed by atoms with van der Waals surface area (Å²) in [6, 6.07) is 9.92. The number of rotatable bonds is 9. The molecule has 0 spiro atoms. The Hall–Kier alpha value is -1.82. The van der Waals surface area contributed by atoms with Crippen molar-refractivity contribution in [2.75, 3.05) is 20.3 Å². The molecule has 6 heteroatoms. The highest BCUT2D eigenvalue weighted by Crippen LogP contribution is 2.34. The van der Waals surface area contributed by atoms with Crippen LogP contribution >= 0.6 is 11.6 Å². The van der Waals surface area contributed by atoms with Crippen LogP contribution in [0.1, 0.15) is 17.5 Å². The van der Waals surface area contributed by atoms with Crippen LogP contribution in [0.5, 0.6) is 11.5 Å². The van der Waals surface area contributed by atoms with Gasteiger partial charge in [-0.05, 0) is 30.7 Å². The van der Waals surface area contributed by atoms with Crippen molar-refractivity contribution in [2.24, 2.45) is 0 Å². The van der Waals surface area contributed by atoms with E-state index < -0.39 is 0 Å². The van der Waals surface area contributed by atoms with Crippen molar-refractivity contribution in [3.05, 3.63) is 58.4 Å². The monoisotopic (exact) mass is 353 g/mol. The molecule has 2 rings (SSSR count). The van der Waals surface area contributed by atoms with Crippen LogP contribution in [0.25, 0.3) is 0 Å². The summed E-state index contributed by atoms with van der Waals surface area (Å²) in [5.74, 6) is 0.687. The van der Waals surface area contributed by atoms with E-state index in [2.05, 4.69) is 5.32 Å². The third-order valence-electron chi connectivity index (χ3n) is 3.50. The lowest BCUT2D eigenvalue weighted by molar-refractivity contribution is 0.279. The number of ether oxygens (including phenoxy) is 2. The van der Waals surface area contributed by atoms with Crippen molar-refractivity contribution in [3.63, 3.8) is 0 Å². The molecular weight excluding hydrogens is 333 g/mol. The average Bonchev–Trinajstić information content (AvgIpc) is 2.59. The van der Waals surface area contributed by atoms with Gasteiger partial charge in [-0.3, -0.25) is 0 Å². The molecule has 2 aromatic rings. The normalized spacial score (nSPS) is 10.7. The van der Waals surface area contributed by atoms with Crippen molar-refractivity contribution in [3.8, 4) is 11.5 Å². The molecule has 0 aliphatic rings. The Bertz CT molecular complexity index is 667. The Labute approximate surface area is 146 Å². The molecule has 0 amide bonds. The number of aliphatic hydroxyl groups is 1. The summed E-state index contributed by atoms with van der Waals surface area (Å²) in [6.45, 7) is 1.49. The number of benzene rings is 2. The van der Waals surface area contributed by atoms with Crippen LogP contribution in [-0.4, -0.2) is 25.4 Å². The maximum absolute atomic E-state index is 13.7. The Morgan fingerprint density at radius 2 is 1.96 bits per heavy atom. The van der Waals surface area contributed by atoms with Crippen LogP contribution in [0.15, 0.2) is 36.4 Å². The summed E-state index contributed by atoms with van der Waals surface area (Å²) >= 11 is 6.29. The summed E-state index contributed by atoms with van der Waals surface area (Å²) in [5, 5.41) is 12.5. The quantitative estimate of drug-likeness (QED) is 0.677. The minimum Gasteiger partial charge on any atom is -0.493 e. The van der Waals surface area contributed by atoms with Crippen molar-refractivity contribution in [2.45, 2.75) is 19.6 Å². The number of hydrogen-bond acceptors (Lipinski definition) is 4. The first kappa shape index (κ1) is 18.5. The molecule has 130 valence electrons. The molecule has 0 atom stereocenters. The van der Waals surface area contributed by atoms with Gasteiger partial charge in [-0.1, -0.05) is 29.8 Å². The summed E-state index contributed by atoms with van der Waals surface area (Å²) in [7, 11) is 1.54. The zero-order valence-corrected chi connectivity index (χ0v) is 14.3. The van der Waals surface area contributed by atoms with Gasteiger partial charge in [-0.15, -0.1) is 0 Å². The number of aliphatic hydroxyl groups excluding tert-OH is 1. The van der Waals surface area contributed by atoms with E-state index in [0.29, 0.717) is 41.6 Å². The Morgan fingerprint density at radius 1 is 1.17 bits per heavy atom. The fraction of sp³-hybridized carbons (Fsp3) is 0.333. The molecule has 0 aliphatic carbocycles. The highest BCUT2D eigenvalue weighted by Gasteiger charge is 2.11. The predicted octanol–water partition coefficient (Wildman–Crippen LogP) is 3.54. The largest absolute Gasteiger partial charge is 0.493 e. The number of halogens is 2. The Kier molecular flexibility index (Phi) is 7.31. The Balaban J connectivity index is 2.07. The molecule has 0 radical (unpaired) electrons. The van der Waals surface area contributed by atoms with Crippen molar-refractivity contribution >= 4 is 11.6 Å². The molecule has 2 N–H and O–H groups in total. The first-order chi connectivity index (χ1) is 11.7. The second-order valence-corrected chi connectivity index (χ2v) is 5.64. The van der Waals surface area contributed by atoms with Crippen molar-refractivity contribution in [1.82, 2.24) is 5.32 Å². The summed E-state index contributed by atoms with van der Waals surface area (Å²) < 4.78 is 24.7. The zero-order valence-electron chi connectivity index (χ0n) is 13.5. The molecule has 0 aromatic heterocycles. The van der Waals surface area contributed by atoms with Gasteiger partial charge in [0.1, 0.15) is 12.4 Å². The lowest BCUT2D eigenvalue weighted by Crippen LogP contribution is -2.16. The average molecular weight is 354 g/mol. The lowest BCUT2D eigenvalue weighted by atomic mass is 10.2. The highest BCUT2D eigenvalue weighted by molar-refractivity contribution is 6.31. The van der Waals surface area contributed by atoms with E-state index in [1.165, 1.54) is 6.07 Å². The smallest absolute Gasteiger partial charge is 0.163 e. The van der Waals surface area contributed by atoms with Gasteiger partial charge in [0, 0.05) is 29.8 Å². The molecule has 4 nitrogen and oxygen atoms in total. The van der Waals surface area contributed by atoms with Crippen molar-refractivity contribution in [1.29, 1.82) is 0 Å². The fourth-order valence-corrected chi connectivity index (χ4v) is 2.40. The molecule has 0 saturated carbocycles. The van der Waals surface area contributed by atoms with Crippen LogP contribution in [0.2, 0.25) is 5.02 Å². The van der Waals surface area contributed by atoms with Gasteiger partial charge in [-0.25, -0.2) is 4.39 Å². The van der Waals surface area contributed by atoms with Gasteiger partial charge in [-0.2, -0.15) is 0 Å². The van der Waals surface area contributed by atoms with Crippen LogP contribution < -0.4 is 14.8 Å². The molecule has 0 aliphatic heterocycles.